The van der Waals surface area contributed by atoms with Crippen molar-refractivity contribution in [3.05, 3.63) is 58.8 Å². The van der Waals surface area contributed by atoms with E-state index in [0.29, 0.717) is 22.4 Å². The molecule has 0 aliphatic heterocycles. The number of pyridine rings is 1. The molecule has 0 unspecified atom stereocenters. The van der Waals surface area contributed by atoms with Gasteiger partial charge in [-0.25, -0.2) is 4.39 Å². The SMILES string of the molecule is Nc1onc(-c2c[nH]ccc2=O)c1-c1ccc(F)cc1. The zero-order valence-electron chi connectivity index (χ0n) is 10.3. The Labute approximate surface area is 112 Å². The quantitative estimate of drug-likeness (QED) is 0.749. The van der Waals surface area contributed by atoms with Gasteiger partial charge < -0.3 is 15.2 Å². The summed E-state index contributed by atoms with van der Waals surface area (Å²) in [7, 11) is 0. The molecule has 0 aliphatic carbocycles. The maximum Gasteiger partial charge on any atom is 0.230 e. The van der Waals surface area contributed by atoms with Gasteiger partial charge in [0.2, 0.25) is 5.88 Å². The van der Waals surface area contributed by atoms with Crippen LogP contribution < -0.4 is 11.2 Å². The molecule has 0 saturated heterocycles. The molecule has 0 bridgehead atoms. The molecular weight excluding hydrogens is 261 g/mol. The van der Waals surface area contributed by atoms with E-state index in [2.05, 4.69) is 10.1 Å². The molecule has 6 heteroatoms. The van der Waals surface area contributed by atoms with Gasteiger partial charge in [0.05, 0.1) is 11.1 Å². The average Bonchev–Trinajstić information content (AvgIpc) is 2.82. The van der Waals surface area contributed by atoms with Crippen LogP contribution >= 0.6 is 0 Å². The van der Waals surface area contributed by atoms with Crippen LogP contribution in [-0.2, 0) is 0 Å². The minimum absolute atomic E-state index is 0.0786. The van der Waals surface area contributed by atoms with E-state index in [1.165, 1.54) is 30.6 Å². The first-order valence-electron chi connectivity index (χ1n) is 5.85. The van der Waals surface area contributed by atoms with Crippen molar-refractivity contribution < 1.29 is 8.91 Å². The van der Waals surface area contributed by atoms with E-state index in [4.69, 9.17) is 10.3 Å². The van der Waals surface area contributed by atoms with Gasteiger partial charge in [0.1, 0.15) is 11.5 Å². The van der Waals surface area contributed by atoms with Gasteiger partial charge in [-0.2, -0.15) is 0 Å². The second-order valence-corrected chi connectivity index (χ2v) is 4.20. The fraction of sp³-hybridized carbons (Fsp3) is 0. The van der Waals surface area contributed by atoms with Crippen LogP contribution in [0.15, 0.2) is 52.0 Å². The van der Waals surface area contributed by atoms with Gasteiger partial charge in [-0.1, -0.05) is 17.3 Å². The summed E-state index contributed by atoms with van der Waals surface area (Å²) in [5, 5.41) is 3.83. The lowest BCUT2D eigenvalue weighted by atomic mass is 10.0. The monoisotopic (exact) mass is 271 g/mol. The largest absolute Gasteiger partial charge is 0.367 e. The molecule has 0 fully saturated rings. The maximum absolute atomic E-state index is 13.0. The number of hydrogen-bond donors (Lipinski definition) is 2. The Bertz CT molecular complexity index is 806. The van der Waals surface area contributed by atoms with Crippen LogP contribution in [0.2, 0.25) is 0 Å². The summed E-state index contributed by atoms with van der Waals surface area (Å²) in [5.41, 5.74) is 7.33. The number of benzene rings is 1. The second-order valence-electron chi connectivity index (χ2n) is 4.20. The normalized spacial score (nSPS) is 10.7. The van der Waals surface area contributed by atoms with Crippen molar-refractivity contribution >= 4 is 5.88 Å². The van der Waals surface area contributed by atoms with Gasteiger partial charge >= 0.3 is 0 Å². The van der Waals surface area contributed by atoms with Gasteiger partial charge in [0.25, 0.3) is 0 Å². The van der Waals surface area contributed by atoms with Gasteiger partial charge in [0.15, 0.2) is 5.43 Å². The lowest BCUT2D eigenvalue weighted by Gasteiger charge is -2.02. The number of H-pyrrole nitrogens is 1. The summed E-state index contributed by atoms with van der Waals surface area (Å²) in [4.78, 5) is 14.7. The summed E-state index contributed by atoms with van der Waals surface area (Å²) in [6.07, 6.45) is 3.04. The van der Waals surface area contributed by atoms with Crippen molar-refractivity contribution in [1.82, 2.24) is 10.1 Å². The molecule has 0 amide bonds. The van der Waals surface area contributed by atoms with Crippen molar-refractivity contribution in [3.63, 3.8) is 0 Å². The van der Waals surface area contributed by atoms with Crippen LogP contribution in [0, 0.1) is 5.82 Å². The molecule has 20 heavy (non-hydrogen) atoms. The first-order valence-corrected chi connectivity index (χ1v) is 5.85. The van der Waals surface area contributed by atoms with Crippen LogP contribution in [0.5, 0.6) is 0 Å². The molecule has 2 aromatic heterocycles. The lowest BCUT2D eigenvalue weighted by Crippen LogP contribution is -2.03. The van der Waals surface area contributed by atoms with E-state index >= 15 is 0 Å². The Kier molecular flexibility index (Phi) is 2.83. The van der Waals surface area contributed by atoms with E-state index < -0.39 is 0 Å². The predicted octanol–water partition coefficient (Wildman–Crippen LogP) is 2.42. The van der Waals surface area contributed by atoms with Gasteiger partial charge in [-0.05, 0) is 17.7 Å². The third-order valence-electron chi connectivity index (χ3n) is 2.93. The molecule has 0 spiro atoms. The number of nitrogens with one attached hydrogen (secondary N) is 1. The summed E-state index contributed by atoms with van der Waals surface area (Å²) in [5.74, 6) is -0.280. The zero-order chi connectivity index (χ0) is 14.1. The van der Waals surface area contributed by atoms with Crippen LogP contribution in [-0.4, -0.2) is 10.1 Å². The highest BCUT2D eigenvalue weighted by Crippen LogP contribution is 2.34. The number of hydrogen-bond acceptors (Lipinski definition) is 4. The number of anilines is 1. The van der Waals surface area contributed by atoms with Crippen LogP contribution in [0.1, 0.15) is 0 Å². The van der Waals surface area contributed by atoms with Crippen LogP contribution in [0.25, 0.3) is 22.4 Å². The molecular formula is C14H10FN3O2. The van der Waals surface area contributed by atoms with E-state index in [9.17, 15) is 9.18 Å². The first-order chi connectivity index (χ1) is 9.66. The molecule has 3 rings (SSSR count). The molecule has 0 atom stereocenters. The number of nitrogens with zero attached hydrogens (tertiary/aromatic N) is 1. The Morgan fingerprint density at radius 1 is 1.20 bits per heavy atom. The number of aromatic nitrogens is 2. The topological polar surface area (TPSA) is 84.9 Å². The van der Waals surface area contributed by atoms with E-state index in [1.54, 1.807) is 12.1 Å². The highest BCUT2D eigenvalue weighted by molar-refractivity contribution is 5.86. The maximum atomic E-state index is 13.0. The number of rotatable bonds is 2. The number of halogens is 1. The molecule has 5 nitrogen and oxygen atoms in total. The van der Waals surface area contributed by atoms with Crippen LogP contribution in [0.4, 0.5) is 10.3 Å². The van der Waals surface area contributed by atoms with Crippen molar-refractivity contribution in [2.75, 3.05) is 5.73 Å². The first kappa shape index (κ1) is 12.2. The number of aromatic amines is 1. The molecule has 0 aliphatic rings. The zero-order valence-corrected chi connectivity index (χ0v) is 10.3. The summed E-state index contributed by atoms with van der Waals surface area (Å²) in [6.45, 7) is 0. The number of nitrogen functional groups attached to an aromatic ring is 1. The summed E-state index contributed by atoms with van der Waals surface area (Å²) >= 11 is 0. The molecule has 3 aromatic rings. The van der Waals surface area contributed by atoms with Crippen molar-refractivity contribution in [1.29, 1.82) is 0 Å². The summed E-state index contributed by atoms with van der Waals surface area (Å²) < 4.78 is 18.0. The van der Waals surface area contributed by atoms with Crippen LogP contribution in [0.3, 0.4) is 0 Å². The highest BCUT2D eigenvalue weighted by Gasteiger charge is 2.19. The predicted molar refractivity (Wildman–Crippen MR) is 72.4 cm³/mol. The lowest BCUT2D eigenvalue weighted by molar-refractivity contribution is 0.439. The second kappa shape index (κ2) is 4.65. The third-order valence-corrected chi connectivity index (χ3v) is 2.93. The van der Waals surface area contributed by atoms with Crippen molar-refractivity contribution in [2.24, 2.45) is 0 Å². The fourth-order valence-corrected chi connectivity index (χ4v) is 1.98. The average molecular weight is 271 g/mol. The van der Waals surface area contributed by atoms with Crippen molar-refractivity contribution in [3.8, 4) is 22.4 Å². The van der Waals surface area contributed by atoms with Gasteiger partial charge in [-0.3, -0.25) is 4.79 Å². The Balaban J connectivity index is 2.23. The Morgan fingerprint density at radius 2 is 1.95 bits per heavy atom. The van der Waals surface area contributed by atoms with Gasteiger partial charge in [-0.15, -0.1) is 0 Å². The van der Waals surface area contributed by atoms with E-state index in [-0.39, 0.29) is 17.1 Å². The van der Waals surface area contributed by atoms with Gasteiger partial charge in [0, 0.05) is 18.5 Å². The molecule has 100 valence electrons. The minimum atomic E-state index is -0.358. The number of nitrogens with two attached hydrogens (primary N) is 1. The fourth-order valence-electron chi connectivity index (χ4n) is 1.98. The molecule has 0 saturated carbocycles. The third kappa shape index (κ3) is 1.97. The minimum Gasteiger partial charge on any atom is -0.367 e. The standard InChI is InChI=1S/C14H10FN3O2/c15-9-3-1-8(2-4-9)12-13(18-20-14(12)16)10-7-17-6-5-11(10)19/h1-7H,16H2,(H,17,19). The van der Waals surface area contributed by atoms with E-state index in [0.717, 1.165) is 0 Å². The molecule has 0 radical (unpaired) electrons. The smallest absolute Gasteiger partial charge is 0.230 e. The van der Waals surface area contributed by atoms with Crippen molar-refractivity contribution in [2.45, 2.75) is 0 Å². The molecule has 2 heterocycles. The molecule has 1 aromatic carbocycles. The molecule has 3 N–H and O–H groups in total. The summed E-state index contributed by atoms with van der Waals surface area (Å²) in [6, 6.07) is 7.11. The van der Waals surface area contributed by atoms with E-state index in [1.807, 2.05) is 0 Å². The Morgan fingerprint density at radius 3 is 2.65 bits per heavy atom. The Hall–Kier alpha value is -2.89. The highest BCUT2D eigenvalue weighted by atomic mass is 19.1.